The van der Waals surface area contributed by atoms with E-state index >= 15 is 0 Å². The van der Waals surface area contributed by atoms with E-state index in [0.29, 0.717) is 6.42 Å². The fourth-order valence-corrected chi connectivity index (χ4v) is 2.97. The van der Waals surface area contributed by atoms with Crippen molar-refractivity contribution in [2.24, 2.45) is 5.73 Å². The Hall–Kier alpha value is -1.61. The zero-order chi connectivity index (χ0) is 15.5. The van der Waals surface area contributed by atoms with Crippen LogP contribution in [0.2, 0.25) is 0 Å². The van der Waals surface area contributed by atoms with Crippen LogP contribution in [0.5, 0.6) is 0 Å². The van der Waals surface area contributed by atoms with Crippen molar-refractivity contribution in [3.63, 3.8) is 0 Å². The summed E-state index contributed by atoms with van der Waals surface area (Å²) in [5.41, 5.74) is 5.22. The molecule has 0 aliphatic heterocycles. The van der Waals surface area contributed by atoms with Gasteiger partial charge >= 0.3 is 0 Å². The van der Waals surface area contributed by atoms with Gasteiger partial charge < -0.3 is 5.73 Å². The molecule has 1 atom stereocenters. The second-order valence-corrected chi connectivity index (χ2v) is 5.77. The molecule has 0 spiro atoms. The van der Waals surface area contributed by atoms with Crippen molar-refractivity contribution < 1.29 is 21.6 Å². The lowest BCUT2D eigenvalue weighted by Crippen LogP contribution is -2.44. The maximum absolute atomic E-state index is 13.5. The quantitative estimate of drug-likeness (QED) is 0.548. The maximum atomic E-state index is 13.5. The summed E-state index contributed by atoms with van der Waals surface area (Å²) in [5, 5.41) is 7.24. The molecule has 0 aliphatic carbocycles. The first-order chi connectivity index (χ1) is 9.19. The van der Waals surface area contributed by atoms with Crippen LogP contribution in [0.15, 0.2) is 17.0 Å². The SMILES string of the molecule is CCCC(NS(=O)(=O)c1c(F)cc(F)cc1F)C(=N)N. The van der Waals surface area contributed by atoms with Gasteiger partial charge in [0.1, 0.15) is 23.3 Å². The van der Waals surface area contributed by atoms with Gasteiger partial charge in [-0.05, 0) is 6.42 Å². The first-order valence-electron chi connectivity index (χ1n) is 5.69. The van der Waals surface area contributed by atoms with Gasteiger partial charge in [0.2, 0.25) is 10.0 Å². The molecule has 0 saturated carbocycles. The van der Waals surface area contributed by atoms with E-state index in [1.807, 2.05) is 4.72 Å². The van der Waals surface area contributed by atoms with Crippen molar-refractivity contribution in [1.29, 1.82) is 5.41 Å². The maximum Gasteiger partial charge on any atom is 0.247 e. The number of halogens is 3. The highest BCUT2D eigenvalue weighted by Crippen LogP contribution is 2.20. The van der Waals surface area contributed by atoms with E-state index in [1.165, 1.54) is 0 Å². The molecule has 5 nitrogen and oxygen atoms in total. The topological polar surface area (TPSA) is 96.0 Å². The van der Waals surface area contributed by atoms with Gasteiger partial charge in [-0.3, -0.25) is 5.41 Å². The van der Waals surface area contributed by atoms with E-state index in [-0.39, 0.29) is 18.6 Å². The van der Waals surface area contributed by atoms with Crippen molar-refractivity contribution in [1.82, 2.24) is 4.72 Å². The zero-order valence-corrected chi connectivity index (χ0v) is 11.4. The van der Waals surface area contributed by atoms with Crippen LogP contribution in [0.3, 0.4) is 0 Å². The number of hydrogen-bond donors (Lipinski definition) is 3. The summed E-state index contributed by atoms with van der Waals surface area (Å²) < 4.78 is 65.4. The number of amidine groups is 1. The third-order valence-corrected chi connectivity index (χ3v) is 4.00. The van der Waals surface area contributed by atoms with Crippen LogP contribution in [0.25, 0.3) is 0 Å². The van der Waals surface area contributed by atoms with Gasteiger partial charge in [0.05, 0.1) is 6.04 Å². The molecular weight excluding hydrogens is 295 g/mol. The van der Waals surface area contributed by atoms with E-state index in [1.54, 1.807) is 6.92 Å². The predicted octanol–water partition coefficient (Wildman–Crippen LogP) is 1.49. The van der Waals surface area contributed by atoms with Crippen LogP contribution < -0.4 is 10.5 Å². The van der Waals surface area contributed by atoms with Crippen molar-refractivity contribution in [2.45, 2.75) is 30.7 Å². The minimum absolute atomic E-state index is 0.193. The Labute approximate surface area is 114 Å². The summed E-state index contributed by atoms with van der Waals surface area (Å²) in [7, 11) is -4.59. The van der Waals surface area contributed by atoms with Gasteiger partial charge in [-0.2, -0.15) is 0 Å². The molecule has 0 amide bonds. The first kappa shape index (κ1) is 16.4. The molecule has 0 radical (unpaired) electrons. The number of nitrogens with two attached hydrogens (primary N) is 1. The summed E-state index contributed by atoms with van der Waals surface area (Å²) in [6, 6.07) is -0.547. The van der Waals surface area contributed by atoms with Crippen molar-refractivity contribution in [2.75, 3.05) is 0 Å². The smallest absolute Gasteiger partial charge is 0.247 e. The summed E-state index contributed by atoms with van der Waals surface area (Å²) in [6.07, 6.45) is 0.695. The summed E-state index contributed by atoms with van der Waals surface area (Å²) in [6.45, 7) is 1.73. The standard InChI is InChI=1S/C11H14F3N3O2S/c1-2-3-9(11(15)16)17-20(18,19)10-7(13)4-6(12)5-8(10)14/h4-5,9,17H,2-3H2,1H3,(H3,15,16). The third-order valence-electron chi connectivity index (χ3n) is 2.48. The fraction of sp³-hybridized carbons (Fsp3) is 0.364. The Morgan fingerprint density at radius 1 is 1.35 bits per heavy atom. The second kappa shape index (κ2) is 6.23. The molecule has 1 rings (SSSR count). The molecule has 1 aromatic carbocycles. The number of benzene rings is 1. The Bertz CT molecular complexity index is 596. The normalized spacial score (nSPS) is 13.2. The monoisotopic (exact) mass is 309 g/mol. The highest BCUT2D eigenvalue weighted by molar-refractivity contribution is 7.89. The molecule has 0 bridgehead atoms. The average molecular weight is 309 g/mol. The van der Waals surface area contributed by atoms with E-state index in [9.17, 15) is 21.6 Å². The van der Waals surface area contributed by atoms with Crippen LogP contribution in [-0.2, 0) is 10.0 Å². The molecule has 9 heteroatoms. The van der Waals surface area contributed by atoms with Gasteiger partial charge in [-0.1, -0.05) is 13.3 Å². The fourth-order valence-electron chi connectivity index (χ4n) is 1.60. The molecular formula is C11H14F3N3O2S. The van der Waals surface area contributed by atoms with E-state index < -0.39 is 44.2 Å². The number of sulfonamides is 1. The molecule has 112 valence electrons. The lowest BCUT2D eigenvalue weighted by atomic mass is 10.2. The van der Waals surface area contributed by atoms with Gasteiger partial charge in [-0.25, -0.2) is 26.3 Å². The van der Waals surface area contributed by atoms with E-state index in [0.717, 1.165) is 0 Å². The highest BCUT2D eigenvalue weighted by Gasteiger charge is 2.28. The Balaban J connectivity index is 3.20. The average Bonchev–Trinajstić information content (AvgIpc) is 2.25. The Kier molecular flexibility index (Phi) is 5.12. The van der Waals surface area contributed by atoms with Gasteiger partial charge in [0.15, 0.2) is 4.90 Å². The molecule has 0 fully saturated rings. The van der Waals surface area contributed by atoms with Crippen LogP contribution in [-0.4, -0.2) is 20.3 Å². The van der Waals surface area contributed by atoms with Crippen LogP contribution >= 0.6 is 0 Å². The molecule has 1 unspecified atom stereocenters. The molecule has 1 aromatic rings. The van der Waals surface area contributed by atoms with Crippen molar-refractivity contribution >= 4 is 15.9 Å². The van der Waals surface area contributed by atoms with E-state index in [4.69, 9.17) is 11.1 Å². The molecule has 4 N–H and O–H groups in total. The van der Waals surface area contributed by atoms with Gasteiger partial charge in [-0.15, -0.1) is 0 Å². The second-order valence-electron chi connectivity index (χ2n) is 4.12. The van der Waals surface area contributed by atoms with Crippen molar-refractivity contribution in [3.05, 3.63) is 29.6 Å². The summed E-state index contributed by atoms with van der Waals surface area (Å²) in [4.78, 5) is -1.29. The zero-order valence-electron chi connectivity index (χ0n) is 10.6. The van der Waals surface area contributed by atoms with Crippen molar-refractivity contribution in [3.8, 4) is 0 Å². The molecule has 0 saturated heterocycles. The third kappa shape index (κ3) is 3.70. The molecule has 20 heavy (non-hydrogen) atoms. The Morgan fingerprint density at radius 3 is 2.25 bits per heavy atom. The largest absolute Gasteiger partial charge is 0.386 e. The van der Waals surface area contributed by atoms with Gasteiger partial charge in [0, 0.05) is 12.1 Å². The van der Waals surface area contributed by atoms with E-state index in [2.05, 4.69) is 0 Å². The Morgan fingerprint density at radius 2 is 1.85 bits per heavy atom. The number of hydrogen-bond acceptors (Lipinski definition) is 3. The highest BCUT2D eigenvalue weighted by atomic mass is 32.2. The predicted molar refractivity (Wildman–Crippen MR) is 67.2 cm³/mol. The summed E-state index contributed by atoms with van der Waals surface area (Å²) in [5.74, 6) is -4.79. The number of nitrogens with one attached hydrogen (secondary N) is 2. The lowest BCUT2D eigenvalue weighted by molar-refractivity contribution is 0.491. The van der Waals surface area contributed by atoms with Crippen LogP contribution in [0, 0.1) is 22.9 Å². The van der Waals surface area contributed by atoms with Gasteiger partial charge in [0.25, 0.3) is 0 Å². The number of rotatable bonds is 6. The molecule has 0 heterocycles. The molecule has 0 aromatic heterocycles. The minimum atomic E-state index is -4.59. The van der Waals surface area contributed by atoms with Crippen LogP contribution in [0.4, 0.5) is 13.2 Å². The minimum Gasteiger partial charge on any atom is -0.386 e. The van der Waals surface area contributed by atoms with Crippen LogP contribution in [0.1, 0.15) is 19.8 Å². The summed E-state index contributed by atoms with van der Waals surface area (Å²) >= 11 is 0. The first-order valence-corrected chi connectivity index (χ1v) is 7.18. The lowest BCUT2D eigenvalue weighted by Gasteiger charge is -2.17. The molecule has 0 aliphatic rings.